The second-order valence-corrected chi connectivity index (χ2v) is 7.17. The van der Waals surface area contributed by atoms with Crippen LogP contribution in [0.1, 0.15) is 11.3 Å². The number of nitrogens with zero attached hydrogens (tertiary/aromatic N) is 3. The van der Waals surface area contributed by atoms with Gasteiger partial charge in [0, 0.05) is 35.7 Å². The van der Waals surface area contributed by atoms with E-state index in [-0.39, 0.29) is 5.91 Å². The number of hydrogen-bond acceptors (Lipinski definition) is 5. The summed E-state index contributed by atoms with van der Waals surface area (Å²) in [6.07, 6.45) is 1.14. The monoisotopic (exact) mass is 363 g/mol. The number of ether oxygens (including phenoxy) is 1. The van der Waals surface area contributed by atoms with E-state index in [9.17, 15) is 4.79 Å². The first-order valence-corrected chi connectivity index (χ1v) is 9.33. The van der Waals surface area contributed by atoms with Gasteiger partial charge in [-0.2, -0.15) is 0 Å². The maximum absolute atomic E-state index is 12.7. The SMILES string of the molecule is O=C(Cc1csc(N2CCOCC2)n1)N1CCc2c(Cl)cccc21. The Morgan fingerprint density at radius 3 is 2.96 bits per heavy atom. The average Bonchev–Trinajstić information content (AvgIpc) is 3.23. The fourth-order valence-electron chi connectivity index (χ4n) is 3.18. The van der Waals surface area contributed by atoms with Crippen molar-refractivity contribution in [3.63, 3.8) is 0 Å². The number of anilines is 2. The van der Waals surface area contributed by atoms with Crippen molar-refractivity contribution < 1.29 is 9.53 Å². The quantitative estimate of drug-likeness (QED) is 0.841. The molecule has 0 spiro atoms. The molecular weight excluding hydrogens is 346 g/mol. The number of thiazole rings is 1. The smallest absolute Gasteiger partial charge is 0.233 e. The number of benzene rings is 1. The van der Waals surface area contributed by atoms with E-state index in [1.165, 1.54) is 0 Å². The van der Waals surface area contributed by atoms with Gasteiger partial charge in [-0.25, -0.2) is 4.98 Å². The molecule has 0 atom stereocenters. The lowest BCUT2D eigenvalue weighted by Gasteiger charge is -2.26. The topological polar surface area (TPSA) is 45.7 Å². The van der Waals surface area contributed by atoms with Crippen LogP contribution in [0, 0.1) is 0 Å². The summed E-state index contributed by atoms with van der Waals surface area (Å²) in [6.45, 7) is 3.88. The molecule has 1 aromatic heterocycles. The van der Waals surface area contributed by atoms with Gasteiger partial charge in [-0.1, -0.05) is 17.7 Å². The number of amides is 1. The van der Waals surface area contributed by atoms with E-state index in [1.807, 2.05) is 28.5 Å². The average molecular weight is 364 g/mol. The zero-order valence-corrected chi connectivity index (χ0v) is 14.8. The third-order valence-electron chi connectivity index (χ3n) is 4.42. The van der Waals surface area contributed by atoms with Gasteiger partial charge in [-0.3, -0.25) is 4.79 Å². The normalized spacial score (nSPS) is 17.2. The van der Waals surface area contributed by atoms with E-state index < -0.39 is 0 Å². The van der Waals surface area contributed by atoms with Crippen molar-refractivity contribution in [3.05, 3.63) is 39.9 Å². The third-order valence-corrected chi connectivity index (χ3v) is 5.73. The first kappa shape index (κ1) is 15.9. The Labute approximate surface area is 149 Å². The van der Waals surface area contributed by atoms with Crippen LogP contribution in [-0.4, -0.2) is 43.7 Å². The lowest BCUT2D eigenvalue weighted by Crippen LogP contribution is -2.36. The number of carbonyl (C=O) groups is 1. The molecule has 3 heterocycles. The summed E-state index contributed by atoms with van der Waals surface area (Å²) < 4.78 is 5.37. The highest BCUT2D eigenvalue weighted by Crippen LogP contribution is 2.33. The van der Waals surface area contributed by atoms with Gasteiger partial charge < -0.3 is 14.5 Å². The van der Waals surface area contributed by atoms with Crippen LogP contribution in [-0.2, 0) is 22.4 Å². The molecule has 5 nitrogen and oxygen atoms in total. The number of hydrogen-bond donors (Lipinski definition) is 0. The minimum absolute atomic E-state index is 0.0786. The van der Waals surface area contributed by atoms with Gasteiger partial charge in [0.1, 0.15) is 0 Å². The molecule has 0 bridgehead atoms. The predicted octanol–water partition coefficient (Wildman–Crippen LogP) is 2.76. The van der Waals surface area contributed by atoms with Crippen LogP contribution >= 0.6 is 22.9 Å². The minimum atomic E-state index is 0.0786. The van der Waals surface area contributed by atoms with Gasteiger partial charge in [-0.15, -0.1) is 11.3 Å². The van der Waals surface area contributed by atoms with Crippen molar-refractivity contribution in [2.45, 2.75) is 12.8 Å². The zero-order valence-electron chi connectivity index (χ0n) is 13.2. The van der Waals surface area contributed by atoms with Gasteiger partial charge in [-0.05, 0) is 24.1 Å². The van der Waals surface area contributed by atoms with E-state index in [0.29, 0.717) is 13.0 Å². The molecule has 1 fully saturated rings. The number of morpholine rings is 1. The molecule has 0 saturated carbocycles. The van der Waals surface area contributed by atoms with Crippen molar-refractivity contribution in [1.29, 1.82) is 0 Å². The highest BCUT2D eigenvalue weighted by Gasteiger charge is 2.26. The lowest BCUT2D eigenvalue weighted by atomic mass is 10.2. The molecular formula is C17H18ClN3O2S. The van der Waals surface area contributed by atoms with E-state index in [0.717, 1.165) is 59.8 Å². The Bertz CT molecular complexity index is 758. The first-order chi connectivity index (χ1) is 11.7. The molecule has 1 amide bonds. The molecule has 24 heavy (non-hydrogen) atoms. The van der Waals surface area contributed by atoms with E-state index >= 15 is 0 Å². The van der Waals surface area contributed by atoms with E-state index in [4.69, 9.17) is 16.3 Å². The van der Waals surface area contributed by atoms with Gasteiger partial charge in [0.2, 0.25) is 5.91 Å². The van der Waals surface area contributed by atoms with Crippen LogP contribution in [0.3, 0.4) is 0 Å². The lowest BCUT2D eigenvalue weighted by molar-refractivity contribution is -0.117. The van der Waals surface area contributed by atoms with Crippen molar-refractivity contribution in [2.75, 3.05) is 42.6 Å². The second-order valence-electron chi connectivity index (χ2n) is 5.93. The second kappa shape index (κ2) is 6.70. The fraction of sp³-hybridized carbons (Fsp3) is 0.412. The number of fused-ring (bicyclic) bond motifs is 1. The number of aromatic nitrogens is 1. The molecule has 4 rings (SSSR count). The van der Waals surface area contributed by atoms with Crippen molar-refractivity contribution >= 4 is 39.7 Å². The van der Waals surface area contributed by atoms with Crippen LogP contribution in [0.25, 0.3) is 0 Å². The number of halogens is 1. The number of rotatable bonds is 3. The molecule has 0 aliphatic carbocycles. The standard InChI is InChI=1S/C17H18ClN3O2S/c18-14-2-1-3-15-13(14)4-5-21(15)16(22)10-12-11-24-17(19-12)20-6-8-23-9-7-20/h1-3,11H,4-10H2. The molecule has 1 saturated heterocycles. The molecule has 0 unspecified atom stereocenters. The molecule has 1 aromatic carbocycles. The van der Waals surface area contributed by atoms with Crippen LogP contribution in [0.5, 0.6) is 0 Å². The van der Waals surface area contributed by atoms with Crippen LogP contribution in [0.2, 0.25) is 5.02 Å². The molecule has 2 aliphatic heterocycles. The summed E-state index contributed by atoms with van der Waals surface area (Å²) in [4.78, 5) is 21.4. The van der Waals surface area contributed by atoms with Crippen LogP contribution in [0.15, 0.2) is 23.6 Å². The highest BCUT2D eigenvalue weighted by atomic mass is 35.5. The van der Waals surface area contributed by atoms with Crippen molar-refractivity contribution in [1.82, 2.24) is 4.98 Å². The van der Waals surface area contributed by atoms with Gasteiger partial charge in [0.25, 0.3) is 0 Å². The Hall–Kier alpha value is -1.63. The fourth-order valence-corrected chi connectivity index (χ4v) is 4.32. The summed E-state index contributed by atoms with van der Waals surface area (Å²) in [5, 5.41) is 3.70. The van der Waals surface area contributed by atoms with Gasteiger partial charge in [0.15, 0.2) is 5.13 Å². The highest BCUT2D eigenvalue weighted by molar-refractivity contribution is 7.13. The van der Waals surface area contributed by atoms with Crippen LogP contribution < -0.4 is 9.80 Å². The maximum Gasteiger partial charge on any atom is 0.233 e. The summed E-state index contributed by atoms with van der Waals surface area (Å²) in [5.74, 6) is 0.0786. The van der Waals surface area contributed by atoms with Crippen molar-refractivity contribution in [3.8, 4) is 0 Å². The van der Waals surface area contributed by atoms with E-state index in [2.05, 4.69) is 9.88 Å². The third kappa shape index (κ3) is 3.01. The largest absolute Gasteiger partial charge is 0.378 e. The predicted molar refractivity (Wildman–Crippen MR) is 96.4 cm³/mol. The van der Waals surface area contributed by atoms with Crippen LogP contribution in [0.4, 0.5) is 10.8 Å². The Balaban J connectivity index is 1.46. The maximum atomic E-state index is 12.7. The number of carbonyl (C=O) groups excluding carboxylic acids is 1. The van der Waals surface area contributed by atoms with Gasteiger partial charge >= 0.3 is 0 Å². The summed E-state index contributed by atoms with van der Waals surface area (Å²) in [7, 11) is 0. The minimum Gasteiger partial charge on any atom is -0.378 e. The Kier molecular flexibility index (Phi) is 4.43. The molecule has 2 aromatic rings. The van der Waals surface area contributed by atoms with Crippen molar-refractivity contribution in [2.24, 2.45) is 0 Å². The molecule has 2 aliphatic rings. The molecule has 0 radical (unpaired) electrons. The Morgan fingerprint density at radius 2 is 2.12 bits per heavy atom. The zero-order chi connectivity index (χ0) is 16.5. The summed E-state index contributed by atoms with van der Waals surface area (Å²) >= 11 is 7.82. The molecule has 0 N–H and O–H groups in total. The molecule has 7 heteroatoms. The summed E-state index contributed by atoms with van der Waals surface area (Å²) in [6, 6.07) is 5.74. The molecule has 126 valence electrons. The summed E-state index contributed by atoms with van der Waals surface area (Å²) in [5.41, 5.74) is 2.85. The van der Waals surface area contributed by atoms with E-state index in [1.54, 1.807) is 11.3 Å². The Morgan fingerprint density at radius 1 is 1.29 bits per heavy atom. The van der Waals surface area contributed by atoms with Gasteiger partial charge in [0.05, 0.1) is 25.3 Å². The first-order valence-electron chi connectivity index (χ1n) is 8.07.